The zero-order valence-electron chi connectivity index (χ0n) is 9.56. The standard InChI is InChI=1S/C13H15FN2O/c14-12-4-3-10(11(6-12)7-15)8-16-5-1-2-13(16)9-17/h3-4,6,13,17H,1-2,5,8-9H2/t13-/m0/s1. The molecule has 1 aliphatic heterocycles. The Bertz CT molecular complexity index is 442. The Morgan fingerprint density at radius 1 is 1.53 bits per heavy atom. The Hall–Kier alpha value is -1.44. The van der Waals surface area contributed by atoms with Gasteiger partial charge in [-0.05, 0) is 37.1 Å². The summed E-state index contributed by atoms with van der Waals surface area (Å²) in [6, 6.07) is 6.48. The fourth-order valence-electron chi connectivity index (χ4n) is 2.32. The molecule has 0 aliphatic carbocycles. The van der Waals surface area contributed by atoms with E-state index in [9.17, 15) is 9.50 Å². The van der Waals surface area contributed by atoms with E-state index in [-0.39, 0.29) is 18.5 Å². The van der Waals surface area contributed by atoms with E-state index in [4.69, 9.17) is 5.26 Å². The number of halogens is 1. The van der Waals surface area contributed by atoms with E-state index in [1.54, 1.807) is 6.07 Å². The van der Waals surface area contributed by atoms with Crippen molar-refractivity contribution >= 4 is 0 Å². The van der Waals surface area contributed by atoms with Crippen LogP contribution in [0.2, 0.25) is 0 Å². The molecule has 1 aliphatic rings. The molecule has 0 radical (unpaired) electrons. The van der Waals surface area contributed by atoms with Crippen LogP contribution >= 0.6 is 0 Å². The fourth-order valence-corrected chi connectivity index (χ4v) is 2.32. The second-order valence-electron chi connectivity index (χ2n) is 4.36. The smallest absolute Gasteiger partial charge is 0.124 e. The minimum atomic E-state index is -0.384. The first-order valence-electron chi connectivity index (χ1n) is 5.78. The van der Waals surface area contributed by atoms with Crippen LogP contribution in [0.25, 0.3) is 0 Å². The summed E-state index contributed by atoms with van der Waals surface area (Å²) in [7, 11) is 0. The topological polar surface area (TPSA) is 47.3 Å². The Labute approximate surface area is 100 Å². The van der Waals surface area contributed by atoms with Crippen molar-refractivity contribution in [1.29, 1.82) is 5.26 Å². The first-order chi connectivity index (χ1) is 8.24. The van der Waals surface area contributed by atoms with E-state index in [1.807, 2.05) is 6.07 Å². The lowest BCUT2D eigenvalue weighted by Gasteiger charge is -2.23. The molecule has 1 fully saturated rings. The van der Waals surface area contributed by atoms with Gasteiger partial charge in [-0.1, -0.05) is 6.07 Å². The predicted molar refractivity (Wildman–Crippen MR) is 61.6 cm³/mol. The highest BCUT2D eigenvalue weighted by Gasteiger charge is 2.24. The molecule has 3 nitrogen and oxygen atoms in total. The van der Waals surface area contributed by atoms with Crippen LogP contribution in [-0.4, -0.2) is 29.2 Å². The molecule has 2 rings (SSSR count). The Morgan fingerprint density at radius 3 is 3.06 bits per heavy atom. The maximum Gasteiger partial charge on any atom is 0.124 e. The highest BCUT2D eigenvalue weighted by Crippen LogP contribution is 2.21. The van der Waals surface area contributed by atoms with Crippen molar-refractivity contribution in [3.63, 3.8) is 0 Å². The molecule has 1 atom stereocenters. The molecular weight excluding hydrogens is 219 g/mol. The number of aliphatic hydroxyl groups is 1. The molecule has 0 unspecified atom stereocenters. The van der Waals surface area contributed by atoms with Gasteiger partial charge in [0.2, 0.25) is 0 Å². The van der Waals surface area contributed by atoms with E-state index < -0.39 is 0 Å². The summed E-state index contributed by atoms with van der Waals surface area (Å²) in [5, 5.41) is 18.2. The van der Waals surface area contributed by atoms with Crippen LogP contribution in [0, 0.1) is 17.1 Å². The molecule has 1 aromatic carbocycles. The van der Waals surface area contributed by atoms with Crippen LogP contribution < -0.4 is 0 Å². The van der Waals surface area contributed by atoms with Crippen LogP contribution in [0.15, 0.2) is 18.2 Å². The first-order valence-corrected chi connectivity index (χ1v) is 5.78. The second-order valence-corrected chi connectivity index (χ2v) is 4.36. The lowest BCUT2D eigenvalue weighted by molar-refractivity contribution is 0.153. The molecule has 4 heteroatoms. The normalized spacial score (nSPS) is 20.4. The molecule has 0 spiro atoms. The van der Waals surface area contributed by atoms with Crippen molar-refractivity contribution in [3.8, 4) is 6.07 Å². The minimum absolute atomic E-state index is 0.142. The molecule has 0 bridgehead atoms. The Morgan fingerprint density at radius 2 is 2.35 bits per heavy atom. The lowest BCUT2D eigenvalue weighted by atomic mass is 10.1. The fraction of sp³-hybridized carbons (Fsp3) is 0.462. The maximum absolute atomic E-state index is 13.0. The van der Waals surface area contributed by atoms with Crippen LogP contribution in [0.5, 0.6) is 0 Å². The quantitative estimate of drug-likeness (QED) is 0.865. The van der Waals surface area contributed by atoms with Crippen molar-refractivity contribution in [2.45, 2.75) is 25.4 Å². The van der Waals surface area contributed by atoms with Crippen molar-refractivity contribution < 1.29 is 9.50 Å². The van der Waals surface area contributed by atoms with Gasteiger partial charge in [0.25, 0.3) is 0 Å². The highest BCUT2D eigenvalue weighted by atomic mass is 19.1. The zero-order chi connectivity index (χ0) is 12.3. The molecule has 1 N–H and O–H groups in total. The monoisotopic (exact) mass is 234 g/mol. The number of rotatable bonds is 3. The summed E-state index contributed by atoms with van der Waals surface area (Å²) in [6.07, 6.45) is 2.05. The SMILES string of the molecule is N#Cc1cc(F)ccc1CN1CCC[C@H]1CO. The molecule has 17 heavy (non-hydrogen) atoms. The van der Waals surface area contributed by atoms with Crippen LogP contribution in [-0.2, 0) is 6.54 Å². The minimum Gasteiger partial charge on any atom is -0.395 e. The van der Waals surface area contributed by atoms with E-state index in [0.717, 1.165) is 24.9 Å². The van der Waals surface area contributed by atoms with E-state index in [2.05, 4.69) is 4.90 Å². The van der Waals surface area contributed by atoms with Gasteiger partial charge in [0.15, 0.2) is 0 Å². The third kappa shape index (κ3) is 2.63. The molecule has 1 aromatic rings. The number of hydrogen-bond acceptors (Lipinski definition) is 3. The molecule has 1 heterocycles. The van der Waals surface area contributed by atoms with Crippen molar-refractivity contribution in [3.05, 3.63) is 35.1 Å². The third-order valence-corrected chi connectivity index (χ3v) is 3.28. The molecule has 0 amide bonds. The highest BCUT2D eigenvalue weighted by molar-refractivity contribution is 5.37. The summed E-state index contributed by atoms with van der Waals surface area (Å²) >= 11 is 0. The largest absolute Gasteiger partial charge is 0.395 e. The van der Waals surface area contributed by atoms with Gasteiger partial charge in [-0.2, -0.15) is 5.26 Å². The van der Waals surface area contributed by atoms with Crippen LogP contribution in [0.3, 0.4) is 0 Å². The number of hydrogen-bond donors (Lipinski definition) is 1. The number of benzene rings is 1. The summed E-state index contributed by atoms with van der Waals surface area (Å²) in [5.74, 6) is -0.384. The van der Waals surface area contributed by atoms with E-state index in [1.165, 1.54) is 12.1 Å². The van der Waals surface area contributed by atoms with Gasteiger partial charge in [-0.25, -0.2) is 4.39 Å². The van der Waals surface area contributed by atoms with Gasteiger partial charge in [-0.15, -0.1) is 0 Å². The zero-order valence-corrected chi connectivity index (χ0v) is 9.56. The van der Waals surface area contributed by atoms with Gasteiger partial charge in [0, 0.05) is 12.6 Å². The van der Waals surface area contributed by atoms with Gasteiger partial charge < -0.3 is 5.11 Å². The van der Waals surface area contributed by atoms with Crippen molar-refractivity contribution in [1.82, 2.24) is 4.90 Å². The summed E-state index contributed by atoms with van der Waals surface area (Å²) in [6.45, 7) is 1.67. The molecule has 0 aromatic heterocycles. The molecular formula is C13H15FN2O. The first kappa shape index (κ1) is 12.0. The molecule has 0 saturated carbocycles. The summed E-state index contributed by atoms with van der Waals surface area (Å²) < 4.78 is 13.0. The Balaban J connectivity index is 2.16. The van der Waals surface area contributed by atoms with Gasteiger partial charge in [0.1, 0.15) is 5.82 Å². The van der Waals surface area contributed by atoms with Crippen molar-refractivity contribution in [2.75, 3.05) is 13.2 Å². The number of likely N-dealkylation sites (tertiary alicyclic amines) is 1. The number of nitrogens with zero attached hydrogens (tertiary/aromatic N) is 2. The predicted octanol–water partition coefficient (Wildman–Crippen LogP) is 1.65. The average molecular weight is 234 g/mol. The lowest BCUT2D eigenvalue weighted by Crippen LogP contribution is -2.31. The molecule has 1 saturated heterocycles. The summed E-state index contributed by atoms with van der Waals surface area (Å²) in [4.78, 5) is 2.15. The maximum atomic E-state index is 13.0. The summed E-state index contributed by atoms with van der Waals surface area (Å²) in [5.41, 5.74) is 1.21. The van der Waals surface area contributed by atoms with Gasteiger partial charge in [0.05, 0.1) is 18.2 Å². The van der Waals surface area contributed by atoms with E-state index in [0.29, 0.717) is 12.1 Å². The molecule has 90 valence electrons. The van der Waals surface area contributed by atoms with Gasteiger partial charge >= 0.3 is 0 Å². The third-order valence-electron chi connectivity index (χ3n) is 3.28. The van der Waals surface area contributed by atoms with Crippen LogP contribution in [0.1, 0.15) is 24.0 Å². The Kier molecular flexibility index (Phi) is 3.72. The van der Waals surface area contributed by atoms with Crippen LogP contribution in [0.4, 0.5) is 4.39 Å². The van der Waals surface area contributed by atoms with E-state index >= 15 is 0 Å². The number of nitriles is 1. The van der Waals surface area contributed by atoms with Gasteiger partial charge in [-0.3, -0.25) is 4.90 Å². The second kappa shape index (κ2) is 5.26. The average Bonchev–Trinajstić information content (AvgIpc) is 2.78. The number of aliphatic hydroxyl groups excluding tert-OH is 1. The van der Waals surface area contributed by atoms with Crippen molar-refractivity contribution in [2.24, 2.45) is 0 Å².